The summed E-state index contributed by atoms with van der Waals surface area (Å²) in [6.45, 7) is 2.73. The number of ether oxygens (including phenoxy) is 4. The summed E-state index contributed by atoms with van der Waals surface area (Å²) in [5.74, 6) is 2.29. The van der Waals surface area contributed by atoms with Gasteiger partial charge in [-0.25, -0.2) is 0 Å². The van der Waals surface area contributed by atoms with Crippen LogP contribution in [0.3, 0.4) is 0 Å². The maximum atomic E-state index is 12.2. The Morgan fingerprint density at radius 1 is 0.846 bits per heavy atom. The van der Waals surface area contributed by atoms with Gasteiger partial charge in [-0.05, 0) is 78.9 Å². The minimum atomic E-state index is -1.31. The number of amides is 1. The fourth-order valence-electron chi connectivity index (χ4n) is 3.77. The number of hydrogen-bond acceptors (Lipinski definition) is 7. The lowest BCUT2D eigenvalue weighted by atomic mass is 10.0. The molecule has 0 spiro atoms. The van der Waals surface area contributed by atoms with Crippen LogP contribution in [0.15, 0.2) is 48.5 Å². The van der Waals surface area contributed by atoms with Crippen molar-refractivity contribution in [3.05, 3.63) is 80.8 Å². The van der Waals surface area contributed by atoms with Crippen molar-refractivity contribution in [3.8, 4) is 23.0 Å². The molecule has 1 atom stereocenters. The van der Waals surface area contributed by atoms with Crippen molar-refractivity contribution in [2.45, 2.75) is 25.9 Å². The maximum absolute atomic E-state index is 12.2. The summed E-state index contributed by atoms with van der Waals surface area (Å²) in [4.78, 5) is 12.2. The summed E-state index contributed by atoms with van der Waals surface area (Å²) in [5.41, 5.74) is 8.61. The standard InChI is InChI=1S/C19H21Cl2NO4.C10H15NO2/c1-11-13(5-6-14(20)17(11)21)18(23)19(24)22-9-8-12-4-7-15(25-2)16(10-12)26-3;1-12-9-4-3-8(5-6-11)7-10(9)13-2/h4-7,10,18,23H,8-9H2,1-3H3,(H,22,24);3-4,7H,5-6,11H2,1-2H3. The molecule has 0 saturated carbocycles. The molecule has 0 fully saturated rings. The molecule has 0 heterocycles. The molecular formula is C29H36Cl2N2O6. The van der Waals surface area contributed by atoms with E-state index in [1.54, 1.807) is 47.5 Å². The lowest BCUT2D eigenvalue weighted by Crippen LogP contribution is -2.31. The normalized spacial score (nSPS) is 11.1. The van der Waals surface area contributed by atoms with E-state index in [1.165, 1.54) is 5.56 Å². The van der Waals surface area contributed by atoms with E-state index in [0.717, 1.165) is 23.5 Å². The summed E-state index contributed by atoms with van der Waals surface area (Å²) in [7, 11) is 6.40. The van der Waals surface area contributed by atoms with Crippen LogP contribution < -0.4 is 30.0 Å². The zero-order chi connectivity index (χ0) is 28.9. The summed E-state index contributed by atoms with van der Waals surface area (Å²) in [6.07, 6.45) is 0.134. The Morgan fingerprint density at radius 2 is 1.36 bits per heavy atom. The second-order valence-electron chi connectivity index (χ2n) is 8.44. The Hall–Kier alpha value is -3.17. The number of hydrogen-bond donors (Lipinski definition) is 3. The first-order valence-electron chi connectivity index (χ1n) is 12.2. The molecule has 1 amide bonds. The molecule has 0 aromatic heterocycles. The molecule has 3 aromatic carbocycles. The second kappa shape index (κ2) is 16.1. The number of nitrogens with one attached hydrogen (secondary N) is 1. The van der Waals surface area contributed by atoms with E-state index in [1.807, 2.05) is 36.4 Å². The van der Waals surface area contributed by atoms with Gasteiger partial charge < -0.3 is 35.1 Å². The van der Waals surface area contributed by atoms with E-state index in [9.17, 15) is 9.90 Å². The van der Waals surface area contributed by atoms with Crippen molar-refractivity contribution in [3.63, 3.8) is 0 Å². The summed E-state index contributed by atoms with van der Waals surface area (Å²) < 4.78 is 20.7. The number of aliphatic hydroxyl groups excluding tert-OH is 1. The van der Waals surface area contributed by atoms with Crippen molar-refractivity contribution < 1.29 is 28.8 Å². The van der Waals surface area contributed by atoms with Gasteiger partial charge in [0.25, 0.3) is 5.91 Å². The quantitative estimate of drug-likeness (QED) is 0.296. The molecular weight excluding hydrogens is 543 g/mol. The van der Waals surface area contributed by atoms with Crippen LogP contribution in [0.25, 0.3) is 0 Å². The maximum Gasteiger partial charge on any atom is 0.253 e. The van der Waals surface area contributed by atoms with E-state index in [4.69, 9.17) is 47.9 Å². The van der Waals surface area contributed by atoms with Crippen LogP contribution in [-0.4, -0.2) is 52.5 Å². The minimum Gasteiger partial charge on any atom is -0.493 e. The van der Waals surface area contributed by atoms with Crippen LogP contribution in [0, 0.1) is 6.92 Å². The summed E-state index contributed by atoms with van der Waals surface area (Å²) in [6, 6.07) is 14.6. The van der Waals surface area contributed by atoms with Gasteiger partial charge in [-0.2, -0.15) is 0 Å². The van der Waals surface area contributed by atoms with Crippen molar-refractivity contribution in [1.29, 1.82) is 0 Å². The Kier molecular flexibility index (Phi) is 13.2. The van der Waals surface area contributed by atoms with Gasteiger partial charge in [-0.1, -0.05) is 41.4 Å². The average molecular weight is 580 g/mol. The molecule has 4 N–H and O–H groups in total. The summed E-state index contributed by atoms with van der Waals surface area (Å²) in [5, 5.41) is 13.7. The largest absolute Gasteiger partial charge is 0.493 e. The molecule has 3 rings (SSSR count). The Bertz CT molecular complexity index is 1240. The van der Waals surface area contributed by atoms with Gasteiger partial charge in [0.15, 0.2) is 29.1 Å². The first-order valence-corrected chi connectivity index (χ1v) is 13.0. The number of halogens is 2. The topological polar surface area (TPSA) is 112 Å². The molecule has 8 nitrogen and oxygen atoms in total. The van der Waals surface area contributed by atoms with Gasteiger partial charge in [0.2, 0.25) is 0 Å². The fourth-order valence-corrected chi connectivity index (χ4v) is 4.15. The SMILES string of the molecule is COc1ccc(CCN)cc1OC.COc1ccc(CCNC(=O)C(O)c2ccc(Cl)c(Cl)c2C)cc1OC. The highest BCUT2D eigenvalue weighted by Crippen LogP contribution is 2.31. The first kappa shape index (κ1) is 32.0. The molecule has 0 radical (unpaired) electrons. The van der Waals surface area contributed by atoms with Gasteiger partial charge in [-0.3, -0.25) is 4.79 Å². The summed E-state index contributed by atoms with van der Waals surface area (Å²) >= 11 is 12.0. The van der Waals surface area contributed by atoms with Crippen LogP contribution >= 0.6 is 23.2 Å². The monoisotopic (exact) mass is 578 g/mol. The molecule has 212 valence electrons. The Morgan fingerprint density at radius 3 is 1.85 bits per heavy atom. The van der Waals surface area contributed by atoms with Gasteiger partial charge >= 0.3 is 0 Å². The highest BCUT2D eigenvalue weighted by atomic mass is 35.5. The smallest absolute Gasteiger partial charge is 0.253 e. The molecule has 0 saturated heterocycles. The molecule has 0 bridgehead atoms. The molecule has 0 aliphatic heterocycles. The van der Waals surface area contributed by atoms with Gasteiger partial charge in [0.05, 0.1) is 38.5 Å². The number of carbonyl (C=O) groups excluding carboxylic acids is 1. The molecule has 10 heteroatoms. The van der Waals surface area contributed by atoms with Crippen LogP contribution in [-0.2, 0) is 17.6 Å². The minimum absolute atomic E-state index is 0.335. The lowest BCUT2D eigenvalue weighted by molar-refractivity contribution is -0.129. The van der Waals surface area contributed by atoms with Gasteiger partial charge in [-0.15, -0.1) is 0 Å². The van der Waals surface area contributed by atoms with Crippen molar-refractivity contribution in [2.75, 3.05) is 41.5 Å². The first-order chi connectivity index (χ1) is 18.7. The number of benzene rings is 3. The average Bonchev–Trinajstić information content (AvgIpc) is 2.95. The van der Waals surface area contributed by atoms with Gasteiger partial charge in [0.1, 0.15) is 0 Å². The highest BCUT2D eigenvalue weighted by Gasteiger charge is 2.21. The van der Waals surface area contributed by atoms with Gasteiger partial charge in [0, 0.05) is 6.54 Å². The molecule has 1 unspecified atom stereocenters. The predicted octanol–water partition coefficient (Wildman–Crippen LogP) is 4.92. The van der Waals surface area contributed by atoms with Crippen molar-refractivity contribution >= 4 is 29.1 Å². The fraction of sp³-hybridized carbons (Fsp3) is 0.345. The third kappa shape index (κ3) is 8.93. The van der Waals surface area contributed by atoms with Crippen LogP contribution in [0.4, 0.5) is 0 Å². The molecule has 0 aliphatic carbocycles. The zero-order valence-corrected chi connectivity index (χ0v) is 24.4. The number of rotatable bonds is 11. The van der Waals surface area contributed by atoms with E-state index in [0.29, 0.717) is 52.2 Å². The Balaban J connectivity index is 0.000000344. The number of nitrogens with two attached hydrogens (primary N) is 1. The van der Waals surface area contributed by atoms with Crippen LogP contribution in [0.5, 0.6) is 23.0 Å². The van der Waals surface area contributed by atoms with Crippen molar-refractivity contribution in [1.82, 2.24) is 5.32 Å². The molecule has 0 aliphatic rings. The van der Waals surface area contributed by atoms with Crippen molar-refractivity contribution in [2.24, 2.45) is 5.73 Å². The number of aliphatic hydroxyl groups is 1. The molecule has 39 heavy (non-hydrogen) atoms. The van der Waals surface area contributed by atoms with E-state index >= 15 is 0 Å². The zero-order valence-electron chi connectivity index (χ0n) is 22.8. The van der Waals surface area contributed by atoms with E-state index in [-0.39, 0.29) is 0 Å². The molecule has 3 aromatic rings. The van der Waals surface area contributed by atoms with E-state index < -0.39 is 12.0 Å². The van der Waals surface area contributed by atoms with Crippen LogP contribution in [0.1, 0.15) is 28.4 Å². The number of carbonyl (C=O) groups is 1. The predicted molar refractivity (Wildman–Crippen MR) is 155 cm³/mol. The number of methoxy groups -OCH3 is 4. The Labute approximate surface area is 239 Å². The highest BCUT2D eigenvalue weighted by molar-refractivity contribution is 6.42. The second-order valence-corrected chi connectivity index (χ2v) is 9.22. The lowest BCUT2D eigenvalue weighted by Gasteiger charge is -2.15. The van der Waals surface area contributed by atoms with E-state index in [2.05, 4.69) is 5.32 Å². The third-order valence-electron chi connectivity index (χ3n) is 5.97. The third-order valence-corrected chi connectivity index (χ3v) is 6.86. The van der Waals surface area contributed by atoms with Crippen LogP contribution in [0.2, 0.25) is 10.0 Å².